The monoisotopic (exact) mass is 949 g/mol. The maximum Gasteiger partial charge on any atom is 2.00 e. The number of rotatable bonds is 16. The van der Waals surface area contributed by atoms with Crippen LogP contribution in [0.15, 0.2) is 128 Å². The Balaban J connectivity index is 0.000000218. The van der Waals surface area contributed by atoms with Gasteiger partial charge in [0.25, 0.3) is 0 Å². The van der Waals surface area contributed by atoms with Gasteiger partial charge in [-0.05, 0) is 95.5 Å². The predicted molar refractivity (Wildman–Crippen MR) is 244 cm³/mol. The zero-order valence-corrected chi connectivity index (χ0v) is 39.1. The molecule has 0 saturated heterocycles. The van der Waals surface area contributed by atoms with Crippen LogP contribution >= 0.6 is 0 Å². The molecule has 17 heteroatoms. The molecular formula is C50H50CoN8O8. The van der Waals surface area contributed by atoms with E-state index >= 15 is 0 Å². The summed E-state index contributed by atoms with van der Waals surface area (Å²) in [7, 11) is 0. The number of aliphatic carboxylic acids is 2. The van der Waals surface area contributed by atoms with Gasteiger partial charge < -0.3 is 37.5 Å². The van der Waals surface area contributed by atoms with E-state index in [4.69, 9.17) is 17.7 Å². The van der Waals surface area contributed by atoms with Crippen molar-refractivity contribution in [1.82, 2.24) is 40.8 Å². The zero-order valence-electron chi connectivity index (χ0n) is 38.1. The molecule has 0 fully saturated rings. The molecular weight excluding hydrogens is 900 g/mol. The van der Waals surface area contributed by atoms with Gasteiger partial charge in [-0.3, -0.25) is 20.4 Å². The van der Waals surface area contributed by atoms with Gasteiger partial charge in [0.2, 0.25) is 0 Å². The minimum atomic E-state index is -1.28. The summed E-state index contributed by atoms with van der Waals surface area (Å²) in [5.41, 5.74) is 10.7. The number of hydrogen-bond acceptors (Lipinski definition) is 12. The molecule has 8 heterocycles. The zero-order chi connectivity index (χ0) is 47.1. The van der Waals surface area contributed by atoms with Crippen molar-refractivity contribution in [1.29, 1.82) is 0 Å². The maximum atomic E-state index is 11.1. The molecule has 0 unspecified atom stereocenters. The number of allylic oxidation sites excluding steroid dienone is 4. The molecule has 0 amide bonds. The van der Waals surface area contributed by atoms with Crippen molar-refractivity contribution in [3.63, 3.8) is 0 Å². The summed E-state index contributed by atoms with van der Waals surface area (Å²) in [6.07, 6.45) is 14.7. The molecule has 16 nitrogen and oxygen atoms in total. The number of aromatic amines is 4. The van der Waals surface area contributed by atoms with Gasteiger partial charge in [-0.1, -0.05) is 79.7 Å². The summed E-state index contributed by atoms with van der Waals surface area (Å²) in [5, 5.41) is 53.0. The van der Waals surface area contributed by atoms with Crippen LogP contribution in [0.2, 0.25) is 0 Å². The number of carboxylic acids is 2. The Bertz CT molecular complexity index is 2610. The predicted octanol–water partition coefficient (Wildman–Crippen LogP) is 9.27. The number of aromatic nitrogens is 8. The van der Waals surface area contributed by atoms with Gasteiger partial charge in [0.1, 0.15) is 22.8 Å². The van der Waals surface area contributed by atoms with Gasteiger partial charge in [0.15, 0.2) is 23.0 Å². The molecule has 0 aliphatic carbocycles. The first kappa shape index (κ1) is 48.8. The Morgan fingerprint density at radius 1 is 0.463 bits per heavy atom. The summed E-state index contributed by atoms with van der Waals surface area (Å²) in [6.45, 7) is 16.5. The average molecular weight is 950 g/mol. The first-order valence-corrected chi connectivity index (χ1v) is 21.4. The Morgan fingerprint density at radius 2 is 0.701 bits per heavy atom. The summed E-state index contributed by atoms with van der Waals surface area (Å²) >= 11 is 0. The summed E-state index contributed by atoms with van der Waals surface area (Å²) < 4.78 is 22.7. The molecule has 0 spiro atoms. The van der Waals surface area contributed by atoms with E-state index in [0.29, 0.717) is 45.8 Å². The molecule has 0 bridgehead atoms. The number of carbonyl (C=O) groups excluding carboxylic acids is 2. The number of H-pyrrole nitrogens is 4. The number of furan rings is 4. The Hall–Kier alpha value is -7.63. The largest absolute Gasteiger partial charge is 2.00 e. The fraction of sp³-hybridized carbons (Fsp3) is 0.240. The van der Waals surface area contributed by atoms with Gasteiger partial charge in [-0.15, -0.1) is 0 Å². The molecule has 0 aliphatic rings. The molecule has 67 heavy (non-hydrogen) atoms. The van der Waals surface area contributed by atoms with Gasteiger partial charge in [0.05, 0.1) is 37.0 Å². The number of carboxylic acid groups (broad SMARTS) is 2. The summed E-state index contributed by atoms with van der Waals surface area (Å²) in [5.74, 6) is 0.226. The SMILES string of the molecule is CC(C)c1[nH]nc(-c2ccco2)c1C(=CC=CC(=O)[O-])c1c(-c2ccco2)n[nH]c1C(C)C.CC(C)c1[nH]nc(-c2ccco2)c1C(=CC=CC(=O)[O-])c1c(-c2ccco2)n[nH]c1C(C)C.[Co+2]. The van der Waals surface area contributed by atoms with Crippen molar-refractivity contribution in [2.75, 3.05) is 0 Å². The molecule has 0 atom stereocenters. The van der Waals surface area contributed by atoms with Crippen LogP contribution in [-0.2, 0) is 26.4 Å². The van der Waals surface area contributed by atoms with E-state index in [1.807, 2.05) is 24.3 Å². The maximum absolute atomic E-state index is 11.1. The van der Waals surface area contributed by atoms with E-state index in [-0.39, 0.29) is 40.5 Å². The van der Waals surface area contributed by atoms with Crippen LogP contribution in [-0.4, -0.2) is 52.7 Å². The fourth-order valence-electron chi connectivity index (χ4n) is 7.58. The normalized spacial score (nSPS) is 11.5. The average Bonchev–Trinajstić information content (AvgIpc) is 4.12. The smallest absolute Gasteiger partial charge is 0.545 e. The van der Waals surface area contributed by atoms with Crippen molar-refractivity contribution < 1.29 is 54.2 Å². The molecule has 347 valence electrons. The van der Waals surface area contributed by atoms with Crippen LogP contribution in [0.4, 0.5) is 0 Å². The first-order chi connectivity index (χ1) is 31.8. The quantitative estimate of drug-likeness (QED) is 0.0523. The first-order valence-electron chi connectivity index (χ1n) is 21.4. The van der Waals surface area contributed by atoms with E-state index in [2.05, 4.69) is 96.2 Å². The standard InChI is InChI=1S/2C25H26N4O4.Co/c2*1-14(2)22-20(24(28-26-22)17-9-6-12-32-17)16(8-5-11-19(30)31)21-23(15(3)4)27-29-25(21)18-10-7-13-33-18;/h2*5-15H,1-4H3,(H,26,28)(H,27,29)(H,30,31);/q;;+2/p-2. The van der Waals surface area contributed by atoms with Crippen LogP contribution in [0.3, 0.4) is 0 Å². The number of hydrogen-bond donors (Lipinski definition) is 4. The van der Waals surface area contributed by atoms with Gasteiger partial charge in [0, 0.05) is 45.0 Å². The number of nitrogens with one attached hydrogen (secondary N) is 4. The van der Waals surface area contributed by atoms with Crippen molar-refractivity contribution in [2.45, 2.75) is 79.1 Å². The molecule has 8 aromatic rings. The van der Waals surface area contributed by atoms with Gasteiger partial charge >= 0.3 is 16.8 Å². The third kappa shape index (κ3) is 10.6. The van der Waals surface area contributed by atoms with E-state index in [0.717, 1.165) is 68.3 Å². The van der Waals surface area contributed by atoms with Crippen LogP contribution in [0.1, 0.15) is 124 Å². The van der Waals surface area contributed by atoms with Crippen LogP contribution in [0.5, 0.6) is 0 Å². The third-order valence-electron chi connectivity index (χ3n) is 10.6. The van der Waals surface area contributed by atoms with Crippen molar-refractivity contribution >= 4 is 23.1 Å². The second-order valence-electron chi connectivity index (χ2n) is 16.5. The van der Waals surface area contributed by atoms with Crippen LogP contribution < -0.4 is 10.2 Å². The van der Waals surface area contributed by atoms with Crippen molar-refractivity contribution in [3.8, 4) is 45.8 Å². The number of carbonyl (C=O) groups is 2. The van der Waals surface area contributed by atoms with E-state index < -0.39 is 11.9 Å². The van der Waals surface area contributed by atoms with Crippen LogP contribution in [0, 0.1) is 0 Å². The minimum absolute atomic E-state index is 0. The topological polar surface area (TPSA) is 248 Å². The summed E-state index contributed by atoms with van der Waals surface area (Å²) in [6, 6.07) is 14.5. The van der Waals surface area contributed by atoms with Crippen molar-refractivity contribution in [3.05, 3.63) is 155 Å². The van der Waals surface area contributed by atoms with Crippen molar-refractivity contribution in [2.24, 2.45) is 0 Å². The molecule has 1 radical (unpaired) electrons. The Kier molecular flexibility index (Phi) is 15.7. The van der Waals surface area contributed by atoms with Gasteiger partial charge in [-0.2, -0.15) is 20.4 Å². The Labute approximate surface area is 396 Å². The van der Waals surface area contributed by atoms with E-state index in [1.165, 1.54) is 12.2 Å². The second kappa shape index (κ2) is 21.6. The van der Waals surface area contributed by atoms with Gasteiger partial charge in [-0.25, -0.2) is 0 Å². The van der Waals surface area contributed by atoms with Crippen LogP contribution in [0.25, 0.3) is 57.0 Å². The second-order valence-corrected chi connectivity index (χ2v) is 16.5. The molecule has 0 aliphatic heterocycles. The molecule has 0 aromatic carbocycles. The third-order valence-corrected chi connectivity index (χ3v) is 10.6. The fourth-order valence-corrected chi connectivity index (χ4v) is 7.58. The van der Waals surface area contributed by atoms with E-state index in [1.54, 1.807) is 61.5 Å². The number of nitrogens with zero attached hydrogens (tertiary/aromatic N) is 4. The minimum Gasteiger partial charge on any atom is -0.545 e. The van der Waals surface area contributed by atoms with E-state index in [9.17, 15) is 19.8 Å². The molecule has 0 saturated carbocycles. The Morgan fingerprint density at radius 3 is 0.881 bits per heavy atom. The summed E-state index contributed by atoms with van der Waals surface area (Å²) in [4.78, 5) is 22.2. The molecule has 8 aromatic heterocycles. The molecule has 4 N–H and O–H groups in total. The molecule has 8 rings (SSSR count).